The maximum absolute atomic E-state index is 14.7. The molecule has 9 nitrogen and oxygen atoms in total. The Morgan fingerprint density at radius 3 is 2.77 bits per heavy atom. The van der Waals surface area contributed by atoms with Crippen molar-refractivity contribution in [2.45, 2.75) is 13.5 Å². The molecule has 3 aromatic heterocycles. The number of nitrogens with one attached hydrogen (secondary N) is 2. The van der Waals surface area contributed by atoms with Gasteiger partial charge in [0.05, 0.1) is 29.4 Å². The first-order valence-electron chi connectivity index (χ1n) is 12.2. The minimum atomic E-state index is -0.739. The van der Waals surface area contributed by atoms with Crippen LogP contribution in [-0.4, -0.2) is 27.2 Å². The van der Waals surface area contributed by atoms with Gasteiger partial charge in [0, 0.05) is 34.6 Å². The highest BCUT2D eigenvalue weighted by Crippen LogP contribution is 2.38. The summed E-state index contributed by atoms with van der Waals surface area (Å²) in [6.45, 7) is 1.99. The lowest BCUT2D eigenvalue weighted by molar-refractivity contribution is 0.382. The van der Waals surface area contributed by atoms with Gasteiger partial charge in [0.25, 0.3) is 0 Å². The Labute approximate surface area is 226 Å². The van der Waals surface area contributed by atoms with Crippen LogP contribution in [0.4, 0.5) is 15.9 Å². The van der Waals surface area contributed by atoms with Crippen LogP contribution in [0.15, 0.2) is 57.9 Å². The van der Waals surface area contributed by atoms with Crippen LogP contribution in [0.3, 0.4) is 0 Å². The highest BCUT2D eigenvalue weighted by atomic mass is 19.1. The predicted molar refractivity (Wildman–Crippen MR) is 152 cm³/mol. The number of aromatic nitrogens is 3. The maximum atomic E-state index is 14.7. The molecule has 3 heterocycles. The van der Waals surface area contributed by atoms with Crippen molar-refractivity contribution < 1.29 is 18.7 Å². The zero-order valence-corrected chi connectivity index (χ0v) is 21.4. The van der Waals surface area contributed by atoms with Gasteiger partial charge in [-0.1, -0.05) is 12.0 Å². The number of rotatable bonds is 5. The third-order valence-electron chi connectivity index (χ3n) is 6.82. The summed E-state index contributed by atoms with van der Waals surface area (Å²) in [5.74, 6) is 1.93. The van der Waals surface area contributed by atoms with Gasteiger partial charge in [-0.2, -0.15) is 9.97 Å². The van der Waals surface area contributed by atoms with Crippen molar-refractivity contribution in [1.82, 2.24) is 15.0 Å². The monoisotopic (exact) mass is 535 g/mol. The summed E-state index contributed by atoms with van der Waals surface area (Å²) in [5, 5.41) is 15.5. The van der Waals surface area contributed by atoms with Crippen LogP contribution in [0.25, 0.3) is 43.9 Å². The number of anilines is 2. The number of methoxy groups -OCH3 is 1. The second-order valence-corrected chi connectivity index (χ2v) is 9.26. The normalized spacial score (nSPS) is 11.2. The highest BCUT2D eigenvalue weighted by Gasteiger charge is 2.23. The number of aromatic hydroxyl groups is 1. The third kappa shape index (κ3) is 3.92. The fourth-order valence-electron chi connectivity index (χ4n) is 5.01. The standard InChI is InChI=1S/C30H22FN5O4/c1-4-19-21(31)6-5-16-11-18(37)12-20(23(16)19)27-14(2)25-24(29(38)40-27)28(36-30(35-25)39-3)34-13-15-9-17-7-8-33-26(17)22(32)10-15/h1,5-12,33,37H,13,32H2,2-3H3,(H,34,35,36). The van der Waals surface area contributed by atoms with Crippen molar-refractivity contribution in [1.29, 1.82) is 0 Å². The number of ether oxygens (including phenoxy) is 1. The number of phenolic OH excluding ortho intramolecular Hbond substituents is 1. The number of hydrogen-bond donors (Lipinski definition) is 4. The number of phenols is 1. The molecule has 0 radical (unpaired) electrons. The summed E-state index contributed by atoms with van der Waals surface area (Å²) in [6.07, 6.45) is 7.44. The van der Waals surface area contributed by atoms with Crippen LogP contribution in [0, 0.1) is 25.1 Å². The number of nitrogens with zero attached hydrogens (tertiary/aromatic N) is 2. The zero-order chi connectivity index (χ0) is 28.1. The first-order valence-corrected chi connectivity index (χ1v) is 12.2. The molecule has 0 amide bonds. The topological polar surface area (TPSA) is 139 Å². The van der Waals surface area contributed by atoms with E-state index in [2.05, 4.69) is 26.2 Å². The second-order valence-electron chi connectivity index (χ2n) is 9.26. The minimum absolute atomic E-state index is 0.0177. The van der Waals surface area contributed by atoms with E-state index < -0.39 is 11.4 Å². The molecule has 0 atom stereocenters. The van der Waals surface area contributed by atoms with E-state index in [-0.39, 0.29) is 45.4 Å². The van der Waals surface area contributed by atoms with Crippen LogP contribution >= 0.6 is 0 Å². The Bertz CT molecular complexity index is 2090. The molecule has 0 spiro atoms. The van der Waals surface area contributed by atoms with Crippen molar-refractivity contribution in [2.24, 2.45) is 0 Å². The van der Waals surface area contributed by atoms with E-state index in [4.69, 9.17) is 21.3 Å². The Kier molecular flexibility index (Phi) is 5.77. The van der Waals surface area contributed by atoms with Crippen molar-refractivity contribution in [3.63, 3.8) is 0 Å². The number of halogens is 1. The molecular formula is C30H22FN5O4. The summed E-state index contributed by atoms with van der Waals surface area (Å²) in [6, 6.07) is 11.3. The molecule has 0 aliphatic rings. The van der Waals surface area contributed by atoms with Crippen LogP contribution in [0.1, 0.15) is 16.7 Å². The lowest BCUT2D eigenvalue weighted by Gasteiger charge is -2.15. The minimum Gasteiger partial charge on any atom is -0.508 e. The largest absolute Gasteiger partial charge is 0.508 e. The quantitative estimate of drug-likeness (QED) is 0.174. The number of H-pyrrole nitrogens is 1. The van der Waals surface area contributed by atoms with E-state index in [0.29, 0.717) is 28.6 Å². The number of benzene rings is 3. The summed E-state index contributed by atoms with van der Waals surface area (Å²) in [5.41, 5.74) is 8.67. The molecule has 0 fully saturated rings. The van der Waals surface area contributed by atoms with Crippen molar-refractivity contribution >= 4 is 44.1 Å². The number of nitrogen functional groups attached to an aromatic ring is 1. The van der Waals surface area contributed by atoms with Gasteiger partial charge in [0.1, 0.15) is 28.5 Å². The molecular weight excluding hydrogens is 513 g/mol. The van der Waals surface area contributed by atoms with Crippen LogP contribution in [0.5, 0.6) is 11.8 Å². The fraction of sp³-hybridized carbons (Fsp3) is 0.100. The van der Waals surface area contributed by atoms with Gasteiger partial charge in [0.15, 0.2) is 0 Å². The number of hydrogen-bond acceptors (Lipinski definition) is 8. The highest BCUT2D eigenvalue weighted by molar-refractivity contribution is 6.03. The molecule has 10 heteroatoms. The van der Waals surface area contributed by atoms with Crippen molar-refractivity contribution in [2.75, 3.05) is 18.2 Å². The molecule has 0 unspecified atom stereocenters. The van der Waals surface area contributed by atoms with Crippen LogP contribution < -0.4 is 21.4 Å². The number of fused-ring (bicyclic) bond motifs is 3. The van der Waals surface area contributed by atoms with Gasteiger partial charge < -0.3 is 30.3 Å². The van der Waals surface area contributed by atoms with E-state index in [1.54, 1.807) is 6.92 Å². The van der Waals surface area contributed by atoms with Crippen LogP contribution in [0.2, 0.25) is 0 Å². The van der Waals surface area contributed by atoms with Crippen molar-refractivity contribution in [3.05, 3.63) is 81.6 Å². The van der Waals surface area contributed by atoms with Gasteiger partial charge in [-0.15, -0.1) is 6.42 Å². The van der Waals surface area contributed by atoms with E-state index in [0.717, 1.165) is 16.5 Å². The Balaban J connectivity index is 1.54. The van der Waals surface area contributed by atoms with E-state index >= 15 is 0 Å². The fourth-order valence-corrected chi connectivity index (χ4v) is 5.01. The molecule has 6 aromatic rings. The summed E-state index contributed by atoms with van der Waals surface area (Å²) in [4.78, 5) is 25.4. The molecule has 0 saturated carbocycles. The molecule has 0 saturated heterocycles. The van der Waals surface area contributed by atoms with Gasteiger partial charge in [0.2, 0.25) is 0 Å². The molecule has 0 aliphatic carbocycles. The average Bonchev–Trinajstić information content (AvgIpc) is 3.42. The first kappa shape index (κ1) is 24.8. The molecule has 198 valence electrons. The lowest BCUT2D eigenvalue weighted by atomic mass is 9.95. The van der Waals surface area contributed by atoms with Gasteiger partial charge in [-0.25, -0.2) is 9.18 Å². The zero-order valence-electron chi connectivity index (χ0n) is 21.4. The Hall–Kier alpha value is -5.56. The number of terminal acetylenes is 1. The number of nitrogens with two attached hydrogens (primary N) is 1. The van der Waals surface area contributed by atoms with Crippen molar-refractivity contribution in [3.8, 4) is 35.4 Å². The predicted octanol–water partition coefficient (Wildman–Crippen LogP) is 5.22. The Morgan fingerprint density at radius 1 is 1.18 bits per heavy atom. The number of aryl methyl sites for hydroxylation is 1. The summed E-state index contributed by atoms with van der Waals surface area (Å²) in [7, 11) is 1.41. The second kappa shape index (κ2) is 9.32. The summed E-state index contributed by atoms with van der Waals surface area (Å²) >= 11 is 0. The van der Waals surface area contributed by atoms with E-state index in [1.165, 1.54) is 31.4 Å². The van der Waals surface area contributed by atoms with Gasteiger partial charge in [-0.3, -0.25) is 0 Å². The van der Waals surface area contributed by atoms with E-state index in [1.807, 2.05) is 24.4 Å². The summed E-state index contributed by atoms with van der Waals surface area (Å²) < 4.78 is 25.8. The number of aromatic amines is 1. The van der Waals surface area contributed by atoms with Gasteiger partial charge in [-0.05, 0) is 54.3 Å². The smallest absolute Gasteiger partial charge is 0.349 e. The molecule has 3 aromatic carbocycles. The molecule has 0 aliphatic heterocycles. The lowest BCUT2D eigenvalue weighted by Crippen LogP contribution is -2.12. The average molecular weight is 536 g/mol. The van der Waals surface area contributed by atoms with Gasteiger partial charge >= 0.3 is 11.6 Å². The van der Waals surface area contributed by atoms with E-state index in [9.17, 15) is 14.3 Å². The molecule has 6 rings (SSSR count). The Morgan fingerprint density at radius 2 is 2.00 bits per heavy atom. The first-order chi connectivity index (χ1) is 19.3. The molecule has 40 heavy (non-hydrogen) atoms. The third-order valence-corrected chi connectivity index (χ3v) is 6.82. The van der Waals surface area contributed by atoms with Crippen LogP contribution in [-0.2, 0) is 6.54 Å². The SMILES string of the molecule is C#Cc1c(F)ccc2cc(O)cc(-c3oc(=O)c4c(NCc5cc(N)c6[nH]ccc6c5)nc(OC)nc4c3C)c12. The molecule has 0 bridgehead atoms. The molecule has 5 N–H and O–H groups in total. The maximum Gasteiger partial charge on any atom is 0.349 e.